The third kappa shape index (κ3) is 6.34. The van der Waals surface area contributed by atoms with Crippen molar-refractivity contribution in [3.8, 4) is 11.3 Å². The van der Waals surface area contributed by atoms with Crippen molar-refractivity contribution >= 4 is 29.0 Å². The maximum atomic E-state index is 12.6. The molecule has 6 nitrogen and oxygen atoms in total. The summed E-state index contributed by atoms with van der Waals surface area (Å²) in [6.07, 6.45) is 5.18. The Hall–Kier alpha value is -2.31. The predicted octanol–water partition coefficient (Wildman–Crippen LogP) is 3.69. The van der Waals surface area contributed by atoms with E-state index in [1.165, 1.54) is 0 Å². The van der Waals surface area contributed by atoms with Crippen molar-refractivity contribution in [3.63, 3.8) is 0 Å². The molecule has 29 heavy (non-hydrogen) atoms. The molecule has 1 atom stereocenters. The van der Waals surface area contributed by atoms with Crippen LogP contribution in [0, 0.1) is 5.92 Å². The topological polar surface area (TPSA) is 84.0 Å². The number of nitrogens with zero attached hydrogens (tertiary/aromatic N) is 2. The van der Waals surface area contributed by atoms with Gasteiger partial charge in [0.2, 0.25) is 0 Å². The van der Waals surface area contributed by atoms with Crippen molar-refractivity contribution in [2.24, 2.45) is 5.92 Å². The first-order valence-electron chi connectivity index (χ1n) is 10.1. The zero-order valence-electron chi connectivity index (χ0n) is 16.7. The van der Waals surface area contributed by atoms with Crippen molar-refractivity contribution < 1.29 is 9.59 Å². The quantitative estimate of drug-likeness (QED) is 0.609. The fraction of sp³-hybridized carbons (Fsp3) is 0.455. The number of carbonyl (C=O) groups excluding carboxylic acids is 2. The monoisotopic (exact) mass is 414 g/mol. The highest BCUT2D eigenvalue weighted by molar-refractivity contribution is 6.33. The number of carbonyl (C=O) groups is 2. The summed E-state index contributed by atoms with van der Waals surface area (Å²) in [5.41, 5.74) is 2.20. The maximum absolute atomic E-state index is 12.6. The number of piperidine rings is 1. The molecule has 1 aliphatic heterocycles. The molecule has 0 spiro atoms. The van der Waals surface area contributed by atoms with Gasteiger partial charge in [-0.25, -0.2) is 4.98 Å². The van der Waals surface area contributed by atoms with Crippen LogP contribution in [0.1, 0.15) is 38.3 Å². The Morgan fingerprint density at radius 3 is 2.97 bits per heavy atom. The summed E-state index contributed by atoms with van der Waals surface area (Å²) in [5.74, 6) is 1.19. The zero-order chi connectivity index (χ0) is 20.6. The third-order valence-corrected chi connectivity index (χ3v) is 5.36. The van der Waals surface area contributed by atoms with E-state index in [4.69, 9.17) is 11.6 Å². The molecule has 0 radical (unpaired) electrons. The fourth-order valence-corrected chi connectivity index (χ4v) is 3.66. The van der Waals surface area contributed by atoms with Gasteiger partial charge in [-0.3, -0.25) is 9.78 Å². The summed E-state index contributed by atoms with van der Waals surface area (Å²) >= 11 is 6.37. The van der Waals surface area contributed by atoms with Crippen molar-refractivity contribution in [1.82, 2.24) is 15.3 Å². The Bertz CT molecular complexity index is 866. The van der Waals surface area contributed by atoms with E-state index >= 15 is 0 Å². The lowest BCUT2D eigenvalue weighted by molar-refractivity contribution is -0.122. The molecule has 0 bridgehead atoms. The Balaban J connectivity index is 1.69. The highest BCUT2D eigenvalue weighted by Gasteiger charge is 2.21. The molecular formula is C22H27ClN4O2. The Morgan fingerprint density at radius 1 is 1.34 bits per heavy atom. The SMILES string of the molecule is CC(=O)CCCNc1cccc(-c2cc(CC(=O)[C@@H]3CCCNC3)ncc2Cl)n1. The van der Waals surface area contributed by atoms with Crippen molar-refractivity contribution in [2.75, 3.05) is 25.0 Å². The van der Waals surface area contributed by atoms with Crippen molar-refractivity contribution in [1.29, 1.82) is 0 Å². The van der Waals surface area contributed by atoms with Crippen LogP contribution >= 0.6 is 11.6 Å². The van der Waals surface area contributed by atoms with Gasteiger partial charge >= 0.3 is 0 Å². The molecule has 3 rings (SSSR count). The number of nitrogens with one attached hydrogen (secondary N) is 2. The number of Topliss-reactive ketones (excluding diaryl/α,β-unsaturated/α-hetero) is 2. The van der Waals surface area contributed by atoms with E-state index in [1.54, 1.807) is 13.1 Å². The standard InChI is InChI=1S/C22H27ClN4O2/c1-15(28)5-3-10-25-22-8-2-7-20(27-22)18-11-17(26-14-19(18)23)12-21(29)16-6-4-9-24-13-16/h2,7-8,11,14,16,24H,3-6,9-10,12-13H2,1H3,(H,25,27)/t16-/m1/s1. The van der Waals surface area contributed by atoms with Gasteiger partial charge in [0, 0.05) is 49.3 Å². The molecule has 0 amide bonds. The molecule has 0 aromatic carbocycles. The molecule has 3 heterocycles. The highest BCUT2D eigenvalue weighted by Crippen LogP contribution is 2.28. The van der Waals surface area contributed by atoms with Gasteiger partial charge in [0.15, 0.2) is 0 Å². The number of pyridine rings is 2. The van der Waals surface area contributed by atoms with Gasteiger partial charge in [-0.1, -0.05) is 17.7 Å². The molecule has 154 valence electrons. The molecule has 2 N–H and O–H groups in total. The van der Waals surface area contributed by atoms with Crippen LogP contribution < -0.4 is 10.6 Å². The molecule has 2 aromatic rings. The first-order chi connectivity index (χ1) is 14.0. The molecule has 0 unspecified atom stereocenters. The molecule has 7 heteroatoms. The van der Waals surface area contributed by atoms with Gasteiger partial charge in [0.25, 0.3) is 0 Å². The fourth-order valence-electron chi connectivity index (χ4n) is 3.46. The first-order valence-corrected chi connectivity index (χ1v) is 10.5. The van der Waals surface area contributed by atoms with Crippen LogP contribution in [0.5, 0.6) is 0 Å². The molecule has 2 aromatic heterocycles. The van der Waals surface area contributed by atoms with Gasteiger partial charge in [0.1, 0.15) is 17.4 Å². The summed E-state index contributed by atoms with van der Waals surface area (Å²) < 4.78 is 0. The van der Waals surface area contributed by atoms with Crippen LogP contribution in [0.4, 0.5) is 5.82 Å². The number of halogens is 1. The van der Waals surface area contributed by atoms with E-state index in [9.17, 15) is 9.59 Å². The number of hydrogen-bond acceptors (Lipinski definition) is 6. The summed E-state index contributed by atoms with van der Waals surface area (Å²) in [6, 6.07) is 7.54. The van der Waals surface area contributed by atoms with Gasteiger partial charge in [-0.15, -0.1) is 0 Å². The van der Waals surface area contributed by atoms with E-state index in [1.807, 2.05) is 24.3 Å². The molecule has 0 aliphatic carbocycles. The first kappa shape index (κ1) is 21.4. The lowest BCUT2D eigenvalue weighted by Gasteiger charge is -2.21. The average molecular weight is 415 g/mol. The Morgan fingerprint density at radius 2 is 2.21 bits per heavy atom. The second-order valence-electron chi connectivity index (χ2n) is 7.48. The van der Waals surface area contributed by atoms with Gasteiger partial charge < -0.3 is 15.4 Å². The average Bonchev–Trinajstić information content (AvgIpc) is 2.73. The van der Waals surface area contributed by atoms with Crippen LogP contribution in [-0.4, -0.2) is 41.2 Å². The van der Waals surface area contributed by atoms with Crippen molar-refractivity contribution in [2.45, 2.75) is 39.0 Å². The molecule has 1 aliphatic rings. The molecular weight excluding hydrogens is 388 g/mol. The molecule has 1 saturated heterocycles. The van der Waals surface area contributed by atoms with Crippen LogP contribution in [-0.2, 0) is 16.0 Å². The van der Waals surface area contributed by atoms with E-state index in [-0.39, 0.29) is 17.5 Å². The number of hydrogen-bond donors (Lipinski definition) is 2. The number of aromatic nitrogens is 2. The minimum atomic E-state index is 0.0605. The van der Waals surface area contributed by atoms with Gasteiger partial charge in [-0.05, 0) is 50.9 Å². The van der Waals surface area contributed by atoms with E-state index < -0.39 is 0 Å². The number of ketones is 2. The van der Waals surface area contributed by atoms with Crippen LogP contribution in [0.3, 0.4) is 0 Å². The smallest absolute Gasteiger partial charge is 0.143 e. The number of rotatable bonds is 9. The Labute approximate surface area is 176 Å². The number of anilines is 1. The molecule has 0 saturated carbocycles. The highest BCUT2D eigenvalue weighted by atomic mass is 35.5. The minimum Gasteiger partial charge on any atom is -0.370 e. The third-order valence-electron chi connectivity index (χ3n) is 5.06. The second-order valence-corrected chi connectivity index (χ2v) is 7.89. The minimum absolute atomic E-state index is 0.0605. The largest absolute Gasteiger partial charge is 0.370 e. The summed E-state index contributed by atoms with van der Waals surface area (Å²) in [5, 5.41) is 7.02. The van der Waals surface area contributed by atoms with Crippen LogP contribution in [0.15, 0.2) is 30.5 Å². The predicted molar refractivity (Wildman–Crippen MR) is 115 cm³/mol. The van der Waals surface area contributed by atoms with E-state index in [2.05, 4.69) is 20.6 Å². The molecule has 1 fully saturated rings. The normalized spacial score (nSPS) is 16.4. The summed E-state index contributed by atoms with van der Waals surface area (Å²) in [4.78, 5) is 32.6. The lowest BCUT2D eigenvalue weighted by Crippen LogP contribution is -2.35. The van der Waals surface area contributed by atoms with Crippen LogP contribution in [0.25, 0.3) is 11.3 Å². The second kappa shape index (κ2) is 10.5. The van der Waals surface area contributed by atoms with Gasteiger partial charge in [0.05, 0.1) is 10.7 Å². The lowest BCUT2D eigenvalue weighted by atomic mass is 9.92. The summed E-state index contributed by atoms with van der Waals surface area (Å²) in [6.45, 7) is 4.00. The van der Waals surface area contributed by atoms with Crippen molar-refractivity contribution in [3.05, 3.63) is 41.2 Å². The summed E-state index contributed by atoms with van der Waals surface area (Å²) in [7, 11) is 0. The van der Waals surface area contributed by atoms with Gasteiger partial charge in [-0.2, -0.15) is 0 Å². The Kier molecular flexibility index (Phi) is 7.72. The maximum Gasteiger partial charge on any atom is 0.143 e. The van der Waals surface area contributed by atoms with E-state index in [0.717, 1.165) is 49.4 Å². The zero-order valence-corrected chi connectivity index (χ0v) is 17.5. The van der Waals surface area contributed by atoms with E-state index in [0.29, 0.717) is 30.1 Å². The van der Waals surface area contributed by atoms with Crippen LogP contribution in [0.2, 0.25) is 5.02 Å².